The molecular weight excluding hydrogens is 400 g/mol. The lowest BCUT2D eigenvalue weighted by atomic mass is 9.90. The third-order valence-corrected chi connectivity index (χ3v) is 5.86. The molecule has 1 aliphatic rings. The van der Waals surface area contributed by atoms with Gasteiger partial charge in [0.05, 0.1) is 11.3 Å². The van der Waals surface area contributed by atoms with Crippen molar-refractivity contribution in [3.63, 3.8) is 0 Å². The van der Waals surface area contributed by atoms with Crippen LogP contribution in [0.4, 0.5) is 11.4 Å². The molecule has 5 nitrogen and oxygen atoms in total. The summed E-state index contributed by atoms with van der Waals surface area (Å²) in [7, 11) is 0. The van der Waals surface area contributed by atoms with E-state index in [1.807, 2.05) is 53.4 Å². The minimum atomic E-state index is -0.503. The van der Waals surface area contributed by atoms with E-state index in [9.17, 15) is 9.59 Å². The molecule has 0 unspecified atom stereocenters. The Labute approximate surface area is 189 Å². The van der Waals surface area contributed by atoms with Gasteiger partial charge in [0.1, 0.15) is 0 Å². The molecule has 3 aromatic carbocycles. The molecule has 0 spiro atoms. The number of carbonyl (C=O) groups excluding carboxylic acids is 2. The van der Waals surface area contributed by atoms with Gasteiger partial charge in [-0.3, -0.25) is 4.79 Å². The smallest absolute Gasteiger partial charge is 0.340 e. The maximum Gasteiger partial charge on any atom is 0.340 e. The van der Waals surface area contributed by atoms with E-state index in [1.54, 1.807) is 12.1 Å². The van der Waals surface area contributed by atoms with Crippen LogP contribution in [-0.2, 0) is 16.0 Å². The Morgan fingerprint density at radius 1 is 0.844 bits per heavy atom. The number of likely N-dealkylation sites (tertiary alicyclic amines) is 1. The van der Waals surface area contributed by atoms with Gasteiger partial charge in [-0.15, -0.1) is 0 Å². The second-order valence-electron chi connectivity index (χ2n) is 8.13. The molecule has 0 bridgehead atoms. The predicted molar refractivity (Wildman–Crippen MR) is 126 cm³/mol. The van der Waals surface area contributed by atoms with Crippen molar-refractivity contribution in [3.05, 3.63) is 96.1 Å². The molecule has 1 N–H and O–H groups in total. The van der Waals surface area contributed by atoms with E-state index >= 15 is 0 Å². The van der Waals surface area contributed by atoms with Crippen molar-refractivity contribution in [2.45, 2.75) is 19.3 Å². The van der Waals surface area contributed by atoms with Crippen LogP contribution in [0.5, 0.6) is 0 Å². The molecule has 0 radical (unpaired) electrons. The highest BCUT2D eigenvalue weighted by molar-refractivity contribution is 5.97. The predicted octanol–water partition coefficient (Wildman–Crippen LogP) is 5.07. The van der Waals surface area contributed by atoms with Crippen LogP contribution in [0.3, 0.4) is 0 Å². The largest absolute Gasteiger partial charge is 0.452 e. The van der Waals surface area contributed by atoms with E-state index in [4.69, 9.17) is 4.74 Å². The number of ether oxygens (including phenoxy) is 1. The highest BCUT2D eigenvalue weighted by atomic mass is 16.5. The van der Waals surface area contributed by atoms with E-state index in [2.05, 4.69) is 29.6 Å². The number of para-hydroxylation sites is 2. The topological polar surface area (TPSA) is 58.6 Å². The second-order valence-corrected chi connectivity index (χ2v) is 8.13. The maximum atomic E-state index is 12.7. The summed E-state index contributed by atoms with van der Waals surface area (Å²) in [4.78, 5) is 27.1. The van der Waals surface area contributed by atoms with Gasteiger partial charge < -0.3 is 15.0 Å². The lowest BCUT2D eigenvalue weighted by molar-refractivity contribution is -0.135. The monoisotopic (exact) mass is 428 g/mol. The van der Waals surface area contributed by atoms with Gasteiger partial charge in [0.15, 0.2) is 6.61 Å². The van der Waals surface area contributed by atoms with E-state index in [-0.39, 0.29) is 12.5 Å². The Kier molecular flexibility index (Phi) is 7.18. The third-order valence-electron chi connectivity index (χ3n) is 5.86. The number of nitrogens with zero attached hydrogens (tertiary/aromatic N) is 1. The number of hydrogen-bond acceptors (Lipinski definition) is 4. The summed E-state index contributed by atoms with van der Waals surface area (Å²) >= 11 is 0. The standard InChI is InChI=1S/C27H28N2O3/c30-26(29-17-15-22(16-18-29)19-21-9-3-1-4-10-21)20-32-27(31)24-13-7-8-14-25(24)28-23-11-5-2-6-12-23/h1-14,22,28H,15-20H2. The average Bonchev–Trinajstić information content (AvgIpc) is 2.84. The van der Waals surface area contributed by atoms with Gasteiger partial charge >= 0.3 is 5.97 Å². The second kappa shape index (κ2) is 10.6. The lowest BCUT2D eigenvalue weighted by Gasteiger charge is -2.32. The summed E-state index contributed by atoms with van der Waals surface area (Å²) in [6.45, 7) is 1.18. The first kappa shape index (κ1) is 21.6. The first-order valence-electron chi connectivity index (χ1n) is 11.1. The Bertz CT molecular complexity index is 1030. The Morgan fingerprint density at radius 2 is 1.47 bits per heavy atom. The summed E-state index contributed by atoms with van der Waals surface area (Å²) in [6, 6.07) is 27.3. The molecule has 1 saturated heterocycles. The van der Waals surface area contributed by atoms with Gasteiger partial charge in [0.25, 0.3) is 5.91 Å². The van der Waals surface area contributed by atoms with Crippen LogP contribution in [0.15, 0.2) is 84.9 Å². The van der Waals surface area contributed by atoms with Crippen LogP contribution in [0.1, 0.15) is 28.8 Å². The lowest BCUT2D eigenvalue weighted by Crippen LogP contribution is -2.41. The normalized spacial score (nSPS) is 14.1. The molecule has 32 heavy (non-hydrogen) atoms. The molecule has 3 aromatic rings. The molecule has 0 atom stereocenters. The zero-order chi connectivity index (χ0) is 22.2. The van der Waals surface area contributed by atoms with E-state index < -0.39 is 5.97 Å². The molecule has 164 valence electrons. The average molecular weight is 429 g/mol. The fourth-order valence-electron chi connectivity index (χ4n) is 4.08. The highest BCUT2D eigenvalue weighted by Gasteiger charge is 2.24. The van der Waals surface area contributed by atoms with Crippen LogP contribution >= 0.6 is 0 Å². The number of hydrogen-bond donors (Lipinski definition) is 1. The highest BCUT2D eigenvalue weighted by Crippen LogP contribution is 2.23. The number of rotatable bonds is 7. The van der Waals surface area contributed by atoms with Crippen molar-refractivity contribution in [2.75, 3.05) is 25.0 Å². The number of esters is 1. The quantitative estimate of drug-likeness (QED) is 0.534. The molecule has 5 heteroatoms. The Balaban J connectivity index is 1.27. The molecule has 1 heterocycles. The fraction of sp³-hybridized carbons (Fsp3) is 0.259. The van der Waals surface area contributed by atoms with Crippen LogP contribution in [0.25, 0.3) is 0 Å². The molecular formula is C27H28N2O3. The van der Waals surface area contributed by atoms with Crippen LogP contribution in [0, 0.1) is 5.92 Å². The zero-order valence-electron chi connectivity index (χ0n) is 18.1. The number of benzene rings is 3. The van der Waals surface area contributed by atoms with Crippen molar-refractivity contribution in [2.24, 2.45) is 5.92 Å². The van der Waals surface area contributed by atoms with Gasteiger partial charge in [-0.2, -0.15) is 0 Å². The molecule has 0 aromatic heterocycles. The van der Waals surface area contributed by atoms with E-state index in [1.165, 1.54) is 5.56 Å². The van der Waals surface area contributed by atoms with Crippen LogP contribution in [0.2, 0.25) is 0 Å². The first-order valence-corrected chi connectivity index (χ1v) is 11.1. The van der Waals surface area contributed by atoms with Crippen molar-refractivity contribution in [1.82, 2.24) is 4.90 Å². The van der Waals surface area contributed by atoms with Crippen molar-refractivity contribution < 1.29 is 14.3 Å². The molecule has 1 aliphatic heterocycles. The Hall–Kier alpha value is -3.60. The first-order chi connectivity index (χ1) is 15.7. The number of anilines is 2. The summed E-state index contributed by atoms with van der Waals surface area (Å²) < 4.78 is 5.37. The van der Waals surface area contributed by atoms with E-state index in [0.717, 1.165) is 24.9 Å². The zero-order valence-corrected chi connectivity index (χ0v) is 18.1. The molecule has 0 saturated carbocycles. The molecule has 1 amide bonds. The van der Waals surface area contributed by atoms with Gasteiger partial charge in [-0.05, 0) is 55.0 Å². The van der Waals surface area contributed by atoms with E-state index in [0.29, 0.717) is 30.3 Å². The number of piperidine rings is 1. The third kappa shape index (κ3) is 5.76. The van der Waals surface area contributed by atoms with Crippen molar-refractivity contribution in [3.8, 4) is 0 Å². The fourth-order valence-corrected chi connectivity index (χ4v) is 4.08. The summed E-state index contributed by atoms with van der Waals surface area (Å²) in [5, 5.41) is 3.23. The minimum absolute atomic E-state index is 0.134. The minimum Gasteiger partial charge on any atom is -0.452 e. The summed E-state index contributed by atoms with van der Waals surface area (Å²) in [6.07, 6.45) is 2.99. The number of amides is 1. The maximum absolute atomic E-state index is 12.7. The summed E-state index contributed by atoms with van der Waals surface area (Å²) in [5.41, 5.74) is 3.28. The van der Waals surface area contributed by atoms with Crippen LogP contribution in [-0.4, -0.2) is 36.5 Å². The van der Waals surface area contributed by atoms with Gasteiger partial charge in [-0.1, -0.05) is 60.7 Å². The molecule has 0 aliphatic carbocycles. The molecule has 4 rings (SSSR count). The Morgan fingerprint density at radius 3 is 2.19 bits per heavy atom. The molecule has 1 fully saturated rings. The van der Waals surface area contributed by atoms with Gasteiger partial charge in [0.2, 0.25) is 0 Å². The summed E-state index contributed by atoms with van der Waals surface area (Å²) in [5.74, 6) is -0.0544. The number of nitrogens with one attached hydrogen (secondary N) is 1. The van der Waals surface area contributed by atoms with Crippen LogP contribution < -0.4 is 5.32 Å². The van der Waals surface area contributed by atoms with Crippen molar-refractivity contribution >= 4 is 23.3 Å². The number of carbonyl (C=O) groups is 2. The SMILES string of the molecule is O=C(OCC(=O)N1CCC(Cc2ccccc2)CC1)c1ccccc1Nc1ccccc1. The van der Waals surface area contributed by atoms with Gasteiger partial charge in [-0.25, -0.2) is 4.79 Å². The van der Waals surface area contributed by atoms with Crippen molar-refractivity contribution in [1.29, 1.82) is 0 Å². The van der Waals surface area contributed by atoms with Gasteiger partial charge in [0, 0.05) is 18.8 Å².